The predicted molar refractivity (Wildman–Crippen MR) is 62.5 cm³/mol. The van der Waals surface area contributed by atoms with Gasteiger partial charge in [-0.25, -0.2) is 0 Å². The van der Waals surface area contributed by atoms with Gasteiger partial charge in [-0.05, 0) is 30.2 Å². The van der Waals surface area contributed by atoms with E-state index in [9.17, 15) is 0 Å². The average molecular weight is 217 g/mol. The predicted octanol–water partition coefficient (Wildman–Crippen LogP) is 2.64. The topological polar surface area (TPSA) is 48.4 Å². The van der Waals surface area contributed by atoms with E-state index in [0.717, 1.165) is 22.4 Å². The minimum absolute atomic E-state index is 0.173. The van der Waals surface area contributed by atoms with Gasteiger partial charge in [0.15, 0.2) is 0 Å². The number of nitrogens with two attached hydrogens (primary N) is 1. The fraction of sp³-hybridized carbons (Fsp3) is 0.231. The van der Waals surface area contributed by atoms with E-state index in [1.807, 2.05) is 31.2 Å². The Balaban J connectivity index is 2.34. The second-order valence-corrected chi connectivity index (χ2v) is 3.76. The second kappa shape index (κ2) is 4.41. The van der Waals surface area contributed by atoms with Crippen molar-refractivity contribution in [2.75, 3.05) is 7.11 Å². The summed E-state index contributed by atoms with van der Waals surface area (Å²) in [6.07, 6.45) is 3.29. The van der Waals surface area contributed by atoms with Crippen molar-refractivity contribution in [2.24, 2.45) is 5.73 Å². The Morgan fingerprint density at radius 3 is 2.69 bits per heavy atom. The molecule has 1 aromatic carbocycles. The molecule has 0 aliphatic carbocycles. The molecule has 0 spiro atoms. The Morgan fingerprint density at radius 1 is 1.25 bits per heavy atom. The molecule has 3 nitrogen and oxygen atoms in total. The molecular formula is C13H15NO2. The summed E-state index contributed by atoms with van der Waals surface area (Å²) < 4.78 is 10.3. The first-order valence-electron chi connectivity index (χ1n) is 5.14. The number of benzene rings is 1. The van der Waals surface area contributed by atoms with Crippen LogP contribution >= 0.6 is 0 Å². The van der Waals surface area contributed by atoms with E-state index in [1.165, 1.54) is 0 Å². The quantitative estimate of drug-likeness (QED) is 0.859. The third-order valence-corrected chi connectivity index (χ3v) is 2.69. The van der Waals surface area contributed by atoms with Crippen LogP contribution < -0.4 is 10.5 Å². The highest BCUT2D eigenvalue weighted by Gasteiger charge is 2.11. The Morgan fingerprint density at radius 2 is 2.06 bits per heavy atom. The lowest BCUT2D eigenvalue weighted by molar-refractivity contribution is 0.411. The monoisotopic (exact) mass is 217 g/mol. The van der Waals surface area contributed by atoms with Gasteiger partial charge in [0.25, 0.3) is 0 Å². The Hall–Kier alpha value is -1.74. The lowest BCUT2D eigenvalue weighted by atomic mass is 10.0. The summed E-state index contributed by atoms with van der Waals surface area (Å²) in [6.45, 7) is 2.01. The van der Waals surface area contributed by atoms with E-state index in [1.54, 1.807) is 19.6 Å². The zero-order chi connectivity index (χ0) is 11.5. The van der Waals surface area contributed by atoms with Crippen LogP contribution in [0.1, 0.15) is 22.7 Å². The molecule has 0 saturated carbocycles. The molecule has 0 saturated heterocycles. The van der Waals surface area contributed by atoms with Gasteiger partial charge in [-0.2, -0.15) is 0 Å². The van der Waals surface area contributed by atoms with Crippen molar-refractivity contribution in [1.29, 1.82) is 0 Å². The van der Waals surface area contributed by atoms with Crippen LogP contribution in [-0.4, -0.2) is 7.11 Å². The summed E-state index contributed by atoms with van der Waals surface area (Å²) in [4.78, 5) is 0. The SMILES string of the molecule is COc1cc(C(N)c2ccoc2)ccc1C. The van der Waals surface area contributed by atoms with Gasteiger partial charge >= 0.3 is 0 Å². The highest BCUT2D eigenvalue weighted by Crippen LogP contribution is 2.25. The Kier molecular flexibility index (Phi) is 2.97. The van der Waals surface area contributed by atoms with Crippen molar-refractivity contribution in [2.45, 2.75) is 13.0 Å². The average Bonchev–Trinajstić information content (AvgIpc) is 2.82. The summed E-state index contributed by atoms with van der Waals surface area (Å²) in [5.41, 5.74) is 9.20. The van der Waals surface area contributed by atoms with E-state index >= 15 is 0 Å². The molecule has 0 fully saturated rings. The molecule has 3 heteroatoms. The first-order valence-corrected chi connectivity index (χ1v) is 5.14. The lowest BCUT2D eigenvalue weighted by Gasteiger charge is -2.12. The van der Waals surface area contributed by atoms with Gasteiger partial charge in [0.2, 0.25) is 0 Å². The zero-order valence-electron chi connectivity index (χ0n) is 9.44. The number of hydrogen-bond acceptors (Lipinski definition) is 3. The van der Waals surface area contributed by atoms with Crippen LogP contribution in [0, 0.1) is 6.92 Å². The Bertz CT molecular complexity index is 463. The van der Waals surface area contributed by atoms with Gasteiger partial charge in [0.05, 0.1) is 25.7 Å². The van der Waals surface area contributed by atoms with Gasteiger partial charge in [0.1, 0.15) is 5.75 Å². The molecule has 1 unspecified atom stereocenters. The molecule has 0 aliphatic rings. The number of methoxy groups -OCH3 is 1. The van der Waals surface area contributed by atoms with E-state index in [4.69, 9.17) is 14.9 Å². The Labute approximate surface area is 94.8 Å². The van der Waals surface area contributed by atoms with Crippen LogP contribution in [0.15, 0.2) is 41.2 Å². The first-order chi connectivity index (χ1) is 7.72. The summed E-state index contributed by atoms with van der Waals surface area (Å²) in [5, 5.41) is 0. The normalized spacial score (nSPS) is 12.4. The fourth-order valence-corrected chi connectivity index (χ4v) is 1.67. The largest absolute Gasteiger partial charge is 0.496 e. The lowest BCUT2D eigenvalue weighted by Crippen LogP contribution is -2.11. The number of furan rings is 1. The van der Waals surface area contributed by atoms with Crippen LogP contribution in [0.5, 0.6) is 5.75 Å². The van der Waals surface area contributed by atoms with Crippen molar-refractivity contribution in [3.8, 4) is 5.75 Å². The van der Waals surface area contributed by atoms with Gasteiger partial charge < -0.3 is 14.9 Å². The van der Waals surface area contributed by atoms with Gasteiger partial charge in [-0.3, -0.25) is 0 Å². The van der Waals surface area contributed by atoms with E-state index in [-0.39, 0.29) is 6.04 Å². The van der Waals surface area contributed by atoms with Gasteiger partial charge in [0, 0.05) is 5.56 Å². The highest BCUT2D eigenvalue weighted by atomic mass is 16.5. The van der Waals surface area contributed by atoms with Crippen LogP contribution in [0.3, 0.4) is 0 Å². The highest BCUT2D eigenvalue weighted by molar-refractivity contribution is 5.40. The summed E-state index contributed by atoms with van der Waals surface area (Å²) in [7, 11) is 1.66. The summed E-state index contributed by atoms with van der Waals surface area (Å²) in [5.74, 6) is 0.858. The molecule has 2 N–H and O–H groups in total. The van der Waals surface area contributed by atoms with Crippen LogP contribution in [0.25, 0.3) is 0 Å². The van der Waals surface area contributed by atoms with Crippen LogP contribution in [-0.2, 0) is 0 Å². The van der Waals surface area contributed by atoms with Crippen LogP contribution in [0.2, 0.25) is 0 Å². The van der Waals surface area contributed by atoms with Crippen molar-refractivity contribution >= 4 is 0 Å². The fourth-order valence-electron chi connectivity index (χ4n) is 1.67. The maximum atomic E-state index is 6.12. The van der Waals surface area contributed by atoms with Crippen molar-refractivity contribution in [3.05, 3.63) is 53.5 Å². The molecule has 1 heterocycles. The third-order valence-electron chi connectivity index (χ3n) is 2.69. The number of ether oxygens (including phenoxy) is 1. The number of hydrogen-bond donors (Lipinski definition) is 1. The van der Waals surface area contributed by atoms with Gasteiger partial charge in [-0.15, -0.1) is 0 Å². The van der Waals surface area contributed by atoms with Crippen molar-refractivity contribution < 1.29 is 9.15 Å². The van der Waals surface area contributed by atoms with Crippen LogP contribution in [0.4, 0.5) is 0 Å². The molecule has 1 atom stereocenters. The summed E-state index contributed by atoms with van der Waals surface area (Å²) >= 11 is 0. The minimum Gasteiger partial charge on any atom is -0.496 e. The first kappa shape index (κ1) is 10.8. The van der Waals surface area contributed by atoms with Gasteiger partial charge in [-0.1, -0.05) is 12.1 Å². The van der Waals surface area contributed by atoms with E-state index in [2.05, 4.69) is 0 Å². The van der Waals surface area contributed by atoms with E-state index in [0.29, 0.717) is 0 Å². The molecule has 2 rings (SSSR count). The molecule has 0 amide bonds. The molecule has 0 radical (unpaired) electrons. The molecule has 0 bridgehead atoms. The molecule has 0 aliphatic heterocycles. The van der Waals surface area contributed by atoms with Crippen molar-refractivity contribution in [3.63, 3.8) is 0 Å². The minimum atomic E-state index is -0.173. The zero-order valence-corrected chi connectivity index (χ0v) is 9.44. The molecule has 16 heavy (non-hydrogen) atoms. The molecule has 84 valence electrons. The van der Waals surface area contributed by atoms with E-state index < -0.39 is 0 Å². The number of aryl methyl sites for hydroxylation is 1. The standard InChI is InChI=1S/C13H15NO2/c1-9-3-4-10(7-12(9)15-2)13(14)11-5-6-16-8-11/h3-8,13H,14H2,1-2H3. The summed E-state index contributed by atoms with van der Waals surface area (Å²) in [6, 6.07) is 7.68. The van der Waals surface area contributed by atoms with Crippen molar-refractivity contribution in [1.82, 2.24) is 0 Å². The third kappa shape index (κ3) is 1.95. The molecular weight excluding hydrogens is 202 g/mol. The maximum absolute atomic E-state index is 6.12. The molecule has 2 aromatic rings. The number of rotatable bonds is 3. The molecule has 1 aromatic heterocycles. The maximum Gasteiger partial charge on any atom is 0.122 e. The smallest absolute Gasteiger partial charge is 0.122 e. The second-order valence-electron chi connectivity index (χ2n) is 3.76.